The highest BCUT2D eigenvalue weighted by molar-refractivity contribution is 7.18. The highest BCUT2D eigenvalue weighted by Crippen LogP contribution is 2.38. The summed E-state index contributed by atoms with van der Waals surface area (Å²) in [6, 6.07) is 18.8. The molecule has 0 radical (unpaired) electrons. The number of nitrogens with one attached hydrogen (secondary N) is 2. The Labute approximate surface area is 195 Å². The van der Waals surface area contributed by atoms with Gasteiger partial charge in [-0.2, -0.15) is 0 Å². The van der Waals surface area contributed by atoms with Gasteiger partial charge in [-0.25, -0.2) is 4.98 Å². The van der Waals surface area contributed by atoms with Gasteiger partial charge in [0.25, 0.3) is 5.91 Å². The highest BCUT2D eigenvalue weighted by atomic mass is 32.1. The van der Waals surface area contributed by atoms with Gasteiger partial charge in [0, 0.05) is 18.2 Å². The van der Waals surface area contributed by atoms with Crippen LogP contribution >= 0.6 is 11.3 Å². The zero-order valence-electron chi connectivity index (χ0n) is 17.9. The highest BCUT2D eigenvalue weighted by Gasteiger charge is 2.32. The fourth-order valence-corrected chi connectivity index (χ4v) is 5.25. The maximum Gasteiger partial charge on any atom is 0.291 e. The number of hydrogen-bond donors (Lipinski definition) is 2. The Kier molecular flexibility index (Phi) is 6.04. The number of carbonyl (C=O) groups is 2. The maximum atomic E-state index is 13.1. The van der Waals surface area contributed by atoms with E-state index in [-0.39, 0.29) is 29.4 Å². The number of furan rings is 1. The number of fused-ring (bicyclic) bond motifs is 1. The molecular weight excluding hydrogens is 434 g/mol. The minimum atomic E-state index is -0.311. The number of rotatable bonds is 6. The molecule has 166 valence electrons. The van der Waals surface area contributed by atoms with Crippen LogP contribution in [-0.2, 0) is 11.3 Å². The van der Waals surface area contributed by atoms with Crippen molar-refractivity contribution in [2.75, 3.05) is 5.32 Å². The topological polar surface area (TPSA) is 84.2 Å². The Morgan fingerprint density at radius 2 is 1.91 bits per heavy atom. The van der Waals surface area contributed by atoms with E-state index in [9.17, 15) is 9.59 Å². The molecule has 0 saturated heterocycles. The first-order valence-electron chi connectivity index (χ1n) is 10.9. The van der Waals surface area contributed by atoms with Crippen LogP contribution in [0.25, 0.3) is 10.2 Å². The number of allylic oxidation sites excluding steroid dienone is 2. The molecule has 1 aliphatic rings. The first-order valence-corrected chi connectivity index (χ1v) is 11.7. The Morgan fingerprint density at radius 1 is 1.03 bits per heavy atom. The van der Waals surface area contributed by atoms with E-state index in [4.69, 9.17) is 9.40 Å². The average molecular weight is 458 g/mol. The first kappa shape index (κ1) is 21.2. The van der Waals surface area contributed by atoms with Gasteiger partial charge in [-0.1, -0.05) is 36.4 Å². The summed E-state index contributed by atoms with van der Waals surface area (Å²) < 4.78 is 6.28. The van der Waals surface area contributed by atoms with Gasteiger partial charge >= 0.3 is 0 Å². The predicted molar refractivity (Wildman–Crippen MR) is 129 cm³/mol. The molecule has 5 rings (SSSR count). The summed E-state index contributed by atoms with van der Waals surface area (Å²) in [5.41, 5.74) is 2.54. The van der Waals surface area contributed by atoms with Gasteiger partial charge in [-0.05, 0) is 54.8 Å². The number of benzene rings is 2. The van der Waals surface area contributed by atoms with E-state index in [1.165, 1.54) is 6.26 Å². The second-order valence-corrected chi connectivity index (χ2v) is 9.09. The lowest BCUT2D eigenvalue weighted by Gasteiger charge is -2.26. The van der Waals surface area contributed by atoms with Crippen LogP contribution in [0.4, 0.5) is 5.69 Å². The molecule has 2 heterocycles. The van der Waals surface area contributed by atoms with Crippen molar-refractivity contribution in [2.24, 2.45) is 5.92 Å². The van der Waals surface area contributed by atoms with E-state index in [0.29, 0.717) is 18.7 Å². The number of para-hydroxylation sites is 1. The Balaban J connectivity index is 1.25. The summed E-state index contributed by atoms with van der Waals surface area (Å²) in [6.45, 7) is 0.385. The van der Waals surface area contributed by atoms with Crippen LogP contribution in [-0.4, -0.2) is 16.8 Å². The van der Waals surface area contributed by atoms with Gasteiger partial charge in [0.1, 0.15) is 0 Å². The second-order valence-electron chi connectivity index (χ2n) is 8.03. The number of hydrogen-bond acceptors (Lipinski definition) is 5. The molecule has 0 spiro atoms. The van der Waals surface area contributed by atoms with E-state index < -0.39 is 0 Å². The van der Waals surface area contributed by atoms with Crippen molar-refractivity contribution in [2.45, 2.75) is 25.3 Å². The van der Waals surface area contributed by atoms with E-state index in [0.717, 1.165) is 27.2 Å². The monoisotopic (exact) mass is 457 g/mol. The Bertz CT molecular complexity index is 1280. The fourth-order valence-electron chi connectivity index (χ4n) is 4.11. The van der Waals surface area contributed by atoms with Gasteiger partial charge in [-0.3, -0.25) is 9.59 Å². The Hall–Kier alpha value is -3.71. The number of amides is 2. The molecule has 2 N–H and O–H groups in total. The molecule has 2 aromatic carbocycles. The van der Waals surface area contributed by atoms with Crippen LogP contribution in [0.15, 0.2) is 83.5 Å². The lowest BCUT2D eigenvalue weighted by molar-refractivity contribution is -0.125. The summed E-state index contributed by atoms with van der Waals surface area (Å²) in [5.74, 6) is -0.119. The molecule has 1 aliphatic carbocycles. The zero-order chi connectivity index (χ0) is 22.6. The van der Waals surface area contributed by atoms with Crippen LogP contribution in [0.5, 0.6) is 0 Å². The molecule has 2 amide bonds. The molecule has 33 heavy (non-hydrogen) atoms. The molecule has 6 nitrogen and oxygen atoms in total. The molecular formula is C26H23N3O3S. The normalized spacial score (nSPS) is 17.7. The van der Waals surface area contributed by atoms with Gasteiger partial charge in [0.05, 0.1) is 27.4 Å². The van der Waals surface area contributed by atoms with Crippen molar-refractivity contribution in [3.05, 3.63) is 95.4 Å². The molecule has 2 unspecified atom stereocenters. The van der Waals surface area contributed by atoms with Gasteiger partial charge in [0.15, 0.2) is 5.76 Å². The second kappa shape index (κ2) is 9.42. The molecule has 0 saturated carbocycles. The van der Waals surface area contributed by atoms with E-state index in [2.05, 4.69) is 28.9 Å². The predicted octanol–water partition coefficient (Wildman–Crippen LogP) is 5.51. The van der Waals surface area contributed by atoms with Crippen LogP contribution in [0, 0.1) is 5.92 Å². The van der Waals surface area contributed by atoms with Crippen molar-refractivity contribution < 1.29 is 14.0 Å². The van der Waals surface area contributed by atoms with Crippen LogP contribution in [0.1, 0.15) is 39.9 Å². The number of aromatic nitrogens is 1. The lowest BCUT2D eigenvalue weighted by atomic mass is 9.82. The molecule has 2 aromatic heterocycles. The SMILES string of the molecule is O=C(Nc1cccc(CNC(=O)C2CC=CCC2c2nc3ccccc3s2)c1)c1ccco1. The molecule has 2 atom stereocenters. The third kappa shape index (κ3) is 4.73. The van der Waals surface area contributed by atoms with Gasteiger partial charge in [0.2, 0.25) is 5.91 Å². The minimum absolute atomic E-state index is 0.0219. The van der Waals surface area contributed by atoms with Crippen molar-refractivity contribution >= 4 is 39.1 Å². The number of carbonyl (C=O) groups excluding carboxylic acids is 2. The molecule has 0 aliphatic heterocycles. The number of anilines is 1. The quantitative estimate of drug-likeness (QED) is 0.374. The Morgan fingerprint density at radius 3 is 2.76 bits per heavy atom. The molecule has 4 aromatic rings. The van der Waals surface area contributed by atoms with Gasteiger partial charge < -0.3 is 15.1 Å². The standard InChI is InChI=1S/C26H23N3O3S/c30-24(19-9-1-2-10-20(19)26-29-21-11-3-4-13-23(21)33-26)27-16-17-7-5-8-18(15-17)28-25(31)22-12-6-14-32-22/h1-8,11-15,19-20H,9-10,16H2,(H,27,30)(H,28,31). The van der Waals surface area contributed by atoms with Crippen molar-refractivity contribution in [3.8, 4) is 0 Å². The average Bonchev–Trinajstić information content (AvgIpc) is 3.53. The third-order valence-corrected chi connectivity index (χ3v) is 6.96. The fraction of sp³-hybridized carbons (Fsp3) is 0.192. The van der Waals surface area contributed by atoms with Gasteiger partial charge in [-0.15, -0.1) is 11.3 Å². The smallest absolute Gasteiger partial charge is 0.291 e. The first-order chi connectivity index (χ1) is 16.2. The summed E-state index contributed by atoms with van der Waals surface area (Å²) in [5, 5.41) is 6.92. The molecule has 7 heteroatoms. The largest absolute Gasteiger partial charge is 0.459 e. The number of thiazole rings is 1. The summed E-state index contributed by atoms with van der Waals surface area (Å²) in [4.78, 5) is 30.2. The molecule has 0 fully saturated rings. The van der Waals surface area contributed by atoms with Crippen molar-refractivity contribution in [3.63, 3.8) is 0 Å². The van der Waals surface area contributed by atoms with Crippen LogP contribution < -0.4 is 10.6 Å². The molecule has 0 bridgehead atoms. The summed E-state index contributed by atoms with van der Waals surface area (Å²) >= 11 is 1.67. The zero-order valence-corrected chi connectivity index (χ0v) is 18.7. The third-order valence-electron chi connectivity index (χ3n) is 5.79. The lowest BCUT2D eigenvalue weighted by Crippen LogP contribution is -2.34. The maximum absolute atomic E-state index is 13.1. The number of nitrogens with zero attached hydrogens (tertiary/aromatic N) is 1. The van der Waals surface area contributed by atoms with Crippen molar-refractivity contribution in [1.82, 2.24) is 10.3 Å². The van der Waals surface area contributed by atoms with E-state index >= 15 is 0 Å². The van der Waals surface area contributed by atoms with E-state index in [1.807, 2.05) is 36.4 Å². The summed E-state index contributed by atoms with van der Waals surface area (Å²) in [6.07, 6.45) is 7.20. The minimum Gasteiger partial charge on any atom is -0.459 e. The van der Waals surface area contributed by atoms with Crippen LogP contribution in [0.3, 0.4) is 0 Å². The van der Waals surface area contributed by atoms with Crippen molar-refractivity contribution in [1.29, 1.82) is 0 Å². The van der Waals surface area contributed by atoms with E-state index in [1.54, 1.807) is 29.5 Å². The van der Waals surface area contributed by atoms with Crippen LogP contribution in [0.2, 0.25) is 0 Å². The summed E-state index contributed by atoms with van der Waals surface area (Å²) in [7, 11) is 0.